The number of amides is 1. The van der Waals surface area contributed by atoms with Crippen LogP contribution in [0.5, 0.6) is 11.5 Å². The molecular formula is C49H50ClN4O3P. The summed E-state index contributed by atoms with van der Waals surface area (Å²) in [5, 5.41) is 32.5. The maximum absolute atomic E-state index is 13.0. The summed E-state index contributed by atoms with van der Waals surface area (Å²) >= 11 is 8.21. The van der Waals surface area contributed by atoms with E-state index in [1.165, 1.54) is 35.2 Å². The molecule has 0 aliphatic heterocycles. The van der Waals surface area contributed by atoms with Crippen molar-refractivity contribution in [1.82, 2.24) is 20.1 Å². The van der Waals surface area contributed by atoms with Crippen LogP contribution in [0.2, 0.25) is 0 Å². The fourth-order valence-electron chi connectivity index (χ4n) is 7.81. The molecule has 0 unspecified atom stereocenters. The van der Waals surface area contributed by atoms with Crippen LogP contribution in [0.15, 0.2) is 164 Å². The van der Waals surface area contributed by atoms with Gasteiger partial charge in [-0.2, -0.15) is 0 Å². The Kier molecular flexibility index (Phi) is 13.0. The van der Waals surface area contributed by atoms with Gasteiger partial charge in [-0.15, -0.1) is 5.10 Å². The Hall–Kier alpha value is -5.75. The maximum atomic E-state index is 13.0. The number of benzene rings is 6. The van der Waals surface area contributed by atoms with Crippen molar-refractivity contribution >= 4 is 39.0 Å². The summed E-state index contributed by atoms with van der Waals surface area (Å²) in [5.74, 6) is -2.48. The molecule has 0 saturated heterocycles. The number of aromatic hydroxyl groups is 2. The Morgan fingerprint density at radius 1 is 0.552 bits per heavy atom. The number of nitrogens with one attached hydrogen (secondary N) is 1. The summed E-state index contributed by atoms with van der Waals surface area (Å²) in [4.78, 5) is 17.7. The molecule has 1 aromatic heterocycles. The largest absolute Gasteiger partial charge is 0.507 e. The van der Waals surface area contributed by atoms with Crippen LogP contribution in [0.25, 0.3) is 28.5 Å². The number of nitrogens with zero attached hydrogens (tertiary/aromatic N) is 3. The van der Waals surface area contributed by atoms with E-state index in [9.17, 15) is 15.0 Å². The zero-order valence-electron chi connectivity index (χ0n) is 32.6. The molecule has 0 aliphatic rings. The van der Waals surface area contributed by atoms with E-state index in [1.54, 1.807) is 59.3 Å². The topological polar surface area (TPSA) is 100 Å². The van der Waals surface area contributed by atoms with Crippen molar-refractivity contribution in [3.05, 3.63) is 169 Å². The molecule has 0 bridgehead atoms. The molecule has 3 N–H and O–H groups in total. The maximum Gasteiger partial charge on any atom is 0.185 e. The number of halogens is 1. The number of phenols is 2. The van der Waals surface area contributed by atoms with Crippen molar-refractivity contribution in [2.24, 2.45) is 0 Å². The zero-order valence-corrected chi connectivity index (χ0v) is 34.3. The summed E-state index contributed by atoms with van der Waals surface area (Å²) in [6.45, 7) is 0.617. The average molecular weight is 809 g/mol. The number of carbonyl (C=O) groups is 1. The van der Waals surface area contributed by atoms with Crippen molar-refractivity contribution < 1.29 is 15.0 Å². The molecule has 0 spiro atoms. The van der Waals surface area contributed by atoms with Gasteiger partial charge in [0.25, 0.3) is 0 Å². The summed E-state index contributed by atoms with van der Waals surface area (Å²) in [6, 6.07) is 53.1. The van der Waals surface area contributed by atoms with Crippen molar-refractivity contribution in [2.75, 3.05) is 12.7 Å². The molecule has 6 aromatic carbocycles. The zero-order chi connectivity index (χ0) is 40.2. The van der Waals surface area contributed by atoms with Crippen molar-refractivity contribution in [1.29, 1.82) is 0 Å². The van der Waals surface area contributed by atoms with E-state index in [-0.39, 0.29) is 17.4 Å². The van der Waals surface area contributed by atoms with Gasteiger partial charge in [0.15, 0.2) is 11.6 Å². The van der Waals surface area contributed by atoms with Gasteiger partial charge in [0.2, 0.25) is 0 Å². The van der Waals surface area contributed by atoms with E-state index in [0.717, 1.165) is 38.3 Å². The van der Waals surface area contributed by atoms with Gasteiger partial charge in [0.05, 0.1) is 16.8 Å². The van der Waals surface area contributed by atoms with Crippen molar-refractivity contribution in [2.45, 2.75) is 51.4 Å². The summed E-state index contributed by atoms with van der Waals surface area (Å²) < 4.78 is 1.61. The second kappa shape index (κ2) is 18.7. The first-order valence-corrected chi connectivity index (χ1v) is 23.5. The molecule has 296 valence electrons. The smallest absolute Gasteiger partial charge is 0.185 e. The summed E-state index contributed by atoms with van der Waals surface area (Å²) in [5.41, 5.74) is 2.18. The molecule has 1 heterocycles. The quantitative estimate of drug-likeness (QED) is 0.0592. The van der Waals surface area contributed by atoms with Gasteiger partial charge in [-0.1, -0.05) is 24.3 Å². The molecule has 0 fully saturated rings. The second-order valence-corrected chi connectivity index (χ2v) is 21.3. The Morgan fingerprint density at radius 2 is 1.00 bits per heavy atom. The van der Waals surface area contributed by atoms with Crippen LogP contribution < -0.4 is 21.2 Å². The third-order valence-corrected chi connectivity index (χ3v) is 18.5. The predicted molar refractivity (Wildman–Crippen MR) is 241 cm³/mol. The van der Waals surface area contributed by atoms with E-state index >= 15 is 0 Å². The number of phenolic OH excluding ortho intramolecular Hbond substituents is 2. The molecule has 0 atom stereocenters. The van der Waals surface area contributed by atoms with Crippen LogP contribution in [-0.4, -0.2) is 43.6 Å². The fraction of sp³-hybridized carbons (Fsp3) is 0.204. The molecule has 58 heavy (non-hydrogen) atoms. The first-order valence-electron chi connectivity index (χ1n) is 20.2. The van der Waals surface area contributed by atoms with Crippen molar-refractivity contribution in [3.8, 4) is 40.0 Å². The molecular weight excluding hydrogens is 759 g/mol. The molecule has 0 aliphatic carbocycles. The van der Waals surface area contributed by atoms with Crippen LogP contribution in [0, 0.1) is 0 Å². The fourth-order valence-corrected chi connectivity index (χ4v) is 14.0. The molecule has 7 aromatic rings. The summed E-state index contributed by atoms with van der Waals surface area (Å²) in [6.07, 6.45) is 9.78. The molecule has 0 saturated carbocycles. The third-order valence-electron chi connectivity index (χ3n) is 10.9. The van der Waals surface area contributed by atoms with Gasteiger partial charge in [0.1, 0.15) is 11.5 Å². The van der Waals surface area contributed by atoms with E-state index in [0.29, 0.717) is 40.6 Å². The molecule has 1 amide bonds. The molecule has 7 rings (SSSR count). The number of para-hydroxylation sites is 2. The van der Waals surface area contributed by atoms with Crippen LogP contribution >= 0.6 is 17.2 Å². The van der Waals surface area contributed by atoms with Gasteiger partial charge < -0.3 is 10.2 Å². The summed E-state index contributed by atoms with van der Waals surface area (Å²) in [7, 11) is 0. The molecule has 9 heteroatoms. The number of rotatable bonds is 18. The predicted octanol–water partition coefficient (Wildman–Crippen LogP) is 10.5. The number of hydrogen-bond acceptors (Lipinski definition) is 5. The molecule has 0 radical (unpaired) electrons. The van der Waals surface area contributed by atoms with Gasteiger partial charge in [-0.3, -0.25) is 4.79 Å². The minimum Gasteiger partial charge on any atom is -0.507 e. The van der Waals surface area contributed by atoms with E-state index < -0.39 is 5.96 Å². The van der Waals surface area contributed by atoms with Gasteiger partial charge >= 0.3 is 199 Å². The Labute approximate surface area is 346 Å². The van der Waals surface area contributed by atoms with Crippen LogP contribution in [0.4, 0.5) is 0 Å². The van der Waals surface area contributed by atoms with Crippen LogP contribution in [-0.2, 0) is 0 Å². The van der Waals surface area contributed by atoms with Gasteiger partial charge in [-0.05, 0) is 48.5 Å². The van der Waals surface area contributed by atoms with Crippen LogP contribution in [0.3, 0.4) is 0 Å². The number of unbranched alkanes of at least 4 members (excludes halogenated alkanes) is 7. The monoisotopic (exact) mass is 808 g/mol. The Bertz CT molecular complexity index is 2310. The normalized spacial score (nSPS) is 12.1. The number of carbonyl (C=O) groups excluding carboxylic acids is 1. The van der Waals surface area contributed by atoms with E-state index in [4.69, 9.17) is 11.2 Å². The minimum atomic E-state index is -3.20. The van der Waals surface area contributed by atoms with E-state index in [1.807, 2.05) is 18.2 Å². The third kappa shape index (κ3) is 8.72. The standard InChI is InChI=1S/C49H50ClN4O3P/c50-58(40-22-10-7-11-23-40,41-24-12-8-13-25-41,42-26-14-9-15-27-42)37-21-6-4-2-1-3-5-20-36-51-49(57)38-32-34-39(35-33-38)54-48(44-29-17-19-31-46(44)56)52-47(53-54)43-28-16-18-30-45(43)55/h7-19,22-35,55-56H,1-6,20-21,36-37H2,(H,51,57). The number of hydrogen-bond donors (Lipinski definition) is 3. The van der Waals surface area contributed by atoms with Crippen molar-refractivity contribution in [3.63, 3.8) is 0 Å². The van der Waals surface area contributed by atoms with Gasteiger partial charge in [0, 0.05) is 5.56 Å². The first-order chi connectivity index (χ1) is 28.4. The Morgan fingerprint density at radius 3 is 1.52 bits per heavy atom. The average Bonchev–Trinajstić information content (AvgIpc) is 3.71. The second-order valence-electron chi connectivity index (χ2n) is 14.7. The van der Waals surface area contributed by atoms with E-state index in [2.05, 4.69) is 106 Å². The van der Waals surface area contributed by atoms with Crippen LogP contribution in [0.1, 0.15) is 61.7 Å². The minimum absolute atomic E-state index is 0.0571. The van der Waals surface area contributed by atoms with Gasteiger partial charge in [-0.25, -0.2) is 9.67 Å². The first kappa shape index (κ1) is 40.4. The Balaban J connectivity index is 0.877. The number of aromatic nitrogens is 3. The SMILES string of the molecule is O=C(NCCCCCCCCCCP(Cl)(c1ccccc1)(c1ccccc1)c1ccccc1)c1ccc(-n2nc(-c3ccccc3O)nc2-c2ccccc2O)cc1. The molecule has 7 nitrogen and oxygen atoms in total.